The van der Waals surface area contributed by atoms with E-state index in [0.717, 1.165) is 16.6 Å². The minimum absolute atomic E-state index is 0.0591. The zero-order chi connectivity index (χ0) is 13.6. The number of para-hydroxylation sites is 1. The van der Waals surface area contributed by atoms with Crippen molar-refractivity contribution in [1.29, 1.82) is 0 Å². The first-order valence-electron chi connectivity index (χ1n) is 6.02. The summed E-state index contributed by atoms with van der Waals surface area (Å²) < 4.78 is 1.70. The van der Waals surface area contributed by atoms with Gasteiger partial charge in [-0.2, -0.15) is 5.10 Å². The van der Waals surface area contributed by atoms with Gasteiger partial charge in [-0.05, 0) is 6.07 Å². The first-order valence-corrected chi connectivity index (χ1v) is 6.02. The fraction of sp³-hybridized carbons (Fsp3) is 0.308. The summed E-state index contributed by atoms with van der Waals surface area (Å²) in [5.41, 5.74) is 1.58. The Balaban J connectivity index is 2.08. The summed E-state index contributed by atoms with van der Waals surface area (Å²) in [6.45, 7) is 0.221. The van der Waals surface area contributed by atoms with E-state index in [4.69, 9.17) is 5.11 Å². The topological polar surface area (TPSA) is 75.4 Å². The van der Waals surface area contributed by atoms with Crippen molar-refractivity contribution in [2.75, 3.05) is 11.4 Å². The smallest absolute Gasteiger partial charge is 0.308 e. The van der Waals surface area contributed by atoms with E-state index in [1.54, 1.807) is 22.8 Å². The molecule has 1 aliphatic heterocycles. The van der Waals surface area contributed by atoms with E-state index in [0.29, 0.717) is 0 Å². The lowest BCUT2D eigenvalue weighted by atomic mass is 10.1. The third kappa shape index (κ3) is 1.76. The quantitative estimate of drug-likeness (QED) is 0.873. The molecule has 1 fully saturated rings. The van der Waals surface area contributed by atoms with Crippen molar-refractivity contribution >= 4 is 28.5 Å². The second-order valence-corrected chi connectivity index (χ2v) is 4.73. The average Bonchev–Trinajstić information content (AvgIpc) is 2.94. The van der Waals surface area contributed by atoms with Crippen LogP contribution in [0.4, 0.5) is 5.69 Å². The van der Waals surface area contributed by atoms with Crippen molar-refractivity contribution in [2.45, 2.75) is 6.42 Å². The molecule has 1 aromatic heterocycles. The number of aliphatic carboxylic acids is 1. The van der Waals surface area contributed by atoms with Gasteiger partial charge in [0.25, 0.3) is 0 Å². The SMILES string of the molecule is Cn1ncc2cccc(N3CC(C(=O)O)CC3=O)c21. The van der Waals surface area contributed by atoms with E-state index in [1.165, 1.54) is 0 Å². The summed E-state index contributed by atoms with van der Waals surface area (Å²) in [4.78, 5) is 24.6. The number of aromatic nitrogens is 2. The first-order chi connectivity index (χ1) is 9.08. The Morgan fingerprint density at radius 1 is 1.47 bits per heavy atom. The average molecular weight is 259 g/mol. The lowest BCUT2D eigenvalue weighted by Crippen LogP contribution is -2.26. The Bertz CT molecular complexity index is 677. The maximum atomic E-state index is 12.0. The molecule has 0 bridgehead atoms. The van der Waals surface area contributed by atoms with Crippen LogP contribution < -0.4 is 4.90 Å². The number of aryl methyl sites for hydroxylation is 1. The van der Waals surface area contributed by atoms with Crippen molar-refractivity contribution in [1.82, 2.24) is 9.78 Å². The lowest BCUT2D eigenvalue weighted by molar-refractivity contribution is -0.141. The number of amides is 1. The number of carbonyl (C=O) groups excluding carboxylic acids is 1. The first kappa shape index (κ1) is 11.7. The van der Waals surface area contributed by atoms with Gasteiger partial charge >= 0.3 is 5.97 Å². The highest BCUT2D eigenvalue weighted by molar-refractivity contribution is 6.05. The minimum atomic E-state index is -0.923. The number of rotatable bonds is 2. The van der Waals surface area contributed by atoms with Gasteiger partial charge in [0.15, 0.2) is 0 Å². The van der Waals surface area contributed by atoms with Crippen LogP contribution in [0.2, 0.25) is 0 Å². The summed E-state index contributed by atoms with van der Waals surface area (Å²) in [7, 11) is 1.81. The Hall–Kier alpha value is -2.37. The Morgan fingerprint density at radius 2 is 2.26 bits per heavy atom. The van der Waals surface area contributed by atoms with Crippen LogP contribution in [-0.2, 0) is 16.6 Å². The number of benzene rings is 1. The molecule has 1 amide bonds. The Morgan fingerprint density at radius 3 is 2.95 bits per heavy atom. The zero-order valence-corrected chi connectivity index (χ0v) is 10.4. The van der Waals surface area contributed by atoms with Crippen LogP contribution in [0.25, 0.3) is 10.9 Å². The molecule has 1 unspecified atom stereocenters. The Labute approximate surface area is 109 Å². The van der Waals surface area contributed by atoms with Gasteiger partial charge in [-0.1, -0.05) is 12.1 Å². The van der Waals surface area contributed by atoms with Crippen LogP contribution >= 0.6 is 0 Å². The zero-order valence-electron chi connectivity index (χ0n) is 10.4. The molecule has 98 valence electrons. The van der Waals surface area contributed by atoms with E-state index in [2.05, 4.69) is 5.10 Å². The molecular weight excluding hydrogens is 246 g/mol. The highest BCUT2D eigenvalue weighted by Gasteiger charge is 2.36. The normalized spacial score (nSPS) is 19.3. The molecule has 6 heteroatoms. The van der Waals surface area contributed by atoms with E-state index < -0.39 is 11.9 Å². The number of carbonyl (C=O) groups is 2. The summed E-state index contributed by atoms with van der Waals surface area (Å²) in [6, 6.07) is 5.59. The summed E-state index contributed by atoms with van der Waals surface area (Å²) in [6.07, 6.45) is 1.79. The van der Waals surface area contributed by atoms with Crippen LogP contribution in [0.3, 0.4) is 0 Å². The number of hydrogen-bond donors (Lipinski definition) is 1. The van der Waals surface area contributed by atoms with Gasteiger partial charge in [-0.15, -0.1) is 0 Å². The number of carboxylic acid groups (broad SMARTS) is 1. The summed E-state index contributed by atoms with van der Waals surface area (Å²) >= 11 is 0. The molecule has 0 radical (unpaired) electrons. The van der Waals surface area contributed by atoms with Crippen molar-refractivity contribution in [2.24, 2.45) is 13.0 Å². The van der Waals surface area contributed by atoms with E-state index in [-0.39, 0.29) is 18.9 Å². The number of anilines is 1. The largest absolute Gasteiger partial charge is 0.481 e. The number of hydrogen-bond acceptors (Lipinski definition) is 3. The molecule has 1 saturated heterocycles. The van der Waals surface area contributed by atoms with Crippen LogP contribution in [0.5, 0.6) is 0 Å². The van der Waals surface area contributed by atoms with Gasteiger partial charge in [0.1, 0.15) is 0 Å². The molecule has 6 nitrogen and oxygen atoms in total. The number of carboxylic acids is 1. The van der Waals surface area contributed by atoms with Crippen LogP contribution in [-0.4, -0.2) is 33.3 Å². The molecule has 1 atom stereocenters. The van der Waals surface area contributed by atoms with Crippen LogP contribution in [0.15, 0.2) is 24.4 Å². The second-order valence-electron chi connectivity index (χ2n) is 4.73. The molecule has 0 spiro atoms. The van der Waals surface area contributed by atoms with Gasteiger partial charge in [0.05, 0.1) is 23.3 Å². The fourth-order valence-corrected chi connectivity index (χ4v) is 2.54. The minimum Gasteiger partial charge on any atom is -0.481 e. The van der Waals surface area contributed by atoms with Gasteiger partial charge in [0.2, 0.25) is 5.91 Å². The molecule has 19 heavy (non-hydrogen) atoms. The van der Waals surface area contributed by atoms with E-state index >= 15 is 0 Å². The molecule has 1 aromatic carbocycles. The lowest BCUT2D eigenvalue weighted by Gasteiger charge is -2.17. The molecular formula is C13H13N3O3. The van der Waals surface area contributed by atoms with Gasteiger partial charge < -0.3 is 10.0 Å². The molecule has 2 heterocycles. The molecule has 0 saturated carbocycles. The fourth-order valence-electron chi connectivity index (χ4n) is 2.54. The van der Waals surface area contributed by atoms with Gasteiger partial charge in [0, 0.05) is 25.4 Å². The standard InChI is InChI=1S/C13H13N3O3/c1-15-12-8(6-14-15)3-2-4-10(12)16-7-9(13(18)19)5-11(16)17/h2-4,6,9H,5,7H2,1H3,(H,18,19). The highest BCUT2D eigenvalue weighted by atomic mass is 16.4. The number of fused-ring (bicyclic) bond motifs is 1. The molecule has 3 rings (SSSR count). The molecule has 0 aliphatic carbocycles. The summed E-state index contributed by atoms with van der Waals surface area (Å²) in [5.74, 6) is -1.70. The molecule has 1 N–H and O–H groups in total. The second kappa shape index (κ2) is 4.08. The third-order valence-corrected chi connectivity index (χ3v) is 3.50. The number of nitrogens with zero attached hydrogens (tertiary/aromatic N) is 3. The van der Waals surface area contributed by atoms with Crippen molar-refractivity contribution in [3.63, 3.8) is 0 Å². The van der Waals surface area contributed by atoms with E-state index in [9.17, 15) is 9.59 Å². The highest BCUT2D eigenvalue weighted by Crippen LogP contribution is 2.31. The maximum Gasteiger partial charge on any atom is 0.308 e. The molecule has 2 aromatic rings. The van der Waals surface area contributed by atoms with Crippen LogP contribution in [0, 0.1) is 5.92 Å². The monoisotopic (exact) mass is 259 g/mol. The van der Waals surface area contributed by atoms with Crippen molar-refractivity contribution in [3.8, 4) is 0 Å². The van der Waals surface area contributed by atoms with Crippen molar-refractivity contribution in [3.05, 3.63) is 24.4 Å². The molecule has 1 aliphatic rings. The van der Waals surface area contributed by atoms with Gasteiger partial charge in [-0.25, -0.2) is 0 Å². The van der Waals surface area contributed by atoms with Crippen molar-refractivity contribution < 1.29 is 14.7 Å². The predicted molar refractivity (Wildman–Crippen MR) is 68.8 cm³/mol. The third-order valence-electron chi connectivity index (χ3n) is 3.50. The maximum absolute atomic E-state index is 12.0. The Kier molecular flexibility index (Phi) is 2.51. The van der Waals surface area contributed by atoms with Gasteiger partial charge in [-0.3, -0.25) is 14.3 Å². The van der Waals surface area contributed by atoms with Crippen LogP contribution in [0.1, 0.15) is 6.42 Å². The summed E-state index contributed by atoms with van der Waals surface area (Å²) in [5, 5.41) is 14.1. The predicted octanol–water partition coefficient (Wildman–Crippen LogP) is 1.01. The van der Waals surface area contributed by atoms with E-state index in [1.807, 2.05) is 18.2 Å².